The van der Waals surface area contributed by atoms with E-state index in [2.05, 4.69) is 198 Å². The molecule has 6 aromatic rings. The van der Waals surface area contributed by atoms with Crippen molar-refractivity contribution in [1.29, 1.82) is 0 Å². The number of likely N-dealkylation sites (tertiary alicyclic amines) is 1. The Morgan fingerprint density at radius 1 is 0.632 bits per heavy atom. The fourth-order valence-electron chi connectivity index (χ4n) is 10.5. The third kappa shape index (κ3) is 5.39. The van der Waals surface area contributed by atoms with E-state index in [1.807, 2.05) is 11.3 Å². The minimum atomic E-state index is 0.170. The van der Waals surface area contributed by atoms with Gasteiger partial charge in [-0.05, 0) is 76.2 Å². The second-order valence-electron chi connectivity index (χ2n) is 16.1. The molecule has 2 aliphatic heterocycles. The molecule has 0 radical (unpaired) electrons. The maximum Gasteiger partial charge on any atom is 0.134 e. The molecule has 12 rings (SSSR count). The van der Waals surface area contributed by atoms with Crippen molar-refractivity contribution in [1.82, 2.24) is 9.88 Å². The van der Waals surface area contributed by atoms with Gasteiger partial charge in [0.05, 0.1) is 17.4 Å². The van der Waals surface area contributed by atoms with Gasteiger partial charge in [0.2, 0.25) is 0 Å². The summed E-state index contributed by atoms with van der Waals surface area (Å²) in [5.74, 6) is 1.85. The van der Waals surface area contributed by atoms with Crippen molar-refractivity contribution in [3.63, 3.8) is 0 Å². The standard InChI is InChI=1S/C53H41N3S/c1-3-13-34(14-4-1)38-31-46(35-15-5-2-6-16-35)54-53(32-38)56-48-21-11-8-18-41(48)44-30-37(24-27-50(44)56)36-23-26-49-43(29-36)40-17-7-10-20-47(40)55(49)39-25-28-52-45(33-39)42-19-9-12-22-51(42)57-52/h1-24,26,28-33,39-40,43,47,49-50H,25,27H2/t39?,40?,43-,47?,49?,50?/m0/s1. The van der Waals surface area contributed by atoms with Gasteiger partial charge in [-0.1, -0.05) is 158 Å². The summed E-state index contributed by atoms with van der Waals surface area (Å²) in [5, 5.41) is 2.82. The van der Waals surface area contributed by atoms with Crippen LogP contribution in [0.15, 0.2) is 187 Å². The molecule has 3 nitrogen and oxygen atoms in total. The Bertz CT molecular complexity index is 2850. The van der Waals surface area contributed by atoms with E-state index in [4.69, 9.17) is 4.98 Å². The van der Waals surface area contributed by atoms with Gasteiger partial charge in [-0.3, -0.25) is 4.90 Å². The van der Waals surface area contributed by atoms with Crippen LogP contribution in [0.1, 0.15) is 18.4 Å². The van der Waals surface area contributed by atoms with Crippen LogP contribution in [-0.2, 0) is 0 Å². The van der Waals surface area contributed by atoms with Gasteiger partial charge in [0, 0.05) is 55.7 Å². The summed E-state index contributed by atoms with van der Waals surface area (Å²) in [6, 6.07) is 44.9. The van der Waals surface area contributed by atoms with Crippen LogP contribution in [-0.4, -0.2) is 34.1 Å². The van der Waals surface area contributed by atoms with E-state index in [-0.39, 0.29) is 6.04 Å². The average Bonchev–Trinajstić information content (AvgIpc) is 3.94. The minimum absolute atomic E-state index is 0.170. The van der Waals surface area contributed by atoms with Gasteiger partial charge in [0.15, 0.2) is 0 Å². The Kier molecular flexibility index (Phi) is 7.70. The molecule has 0 spiro atoms. The van der Waals surface area contributed by atoms with Crippen LogP contribution in [0, 0.1) is 11.8 Å². The maximum atomic E-state index is 5.39. The molecule has 5 unspecified atom stereocenters. The smallest absolute Gasteiger partial charge is 0.134 e. The molecule has 0 bridgehead atoms. The van der Waals surface area contributed by atoms with Gasteiger partial charge in [0.25, 0.3) is 0 Å². The molecule has 6 aliphatic rings. The van der Waals surface area contributed by atoms with E-state index in [0.717, 1.165) is 29.9 Å². The van der Waals surface area contributed by atoms with Crippen molar-refractivity contribution in [3.05, 3.63) is 202 Å². The van der Waals surface area contributed by atoms with Gasteiger partial charge in [-0.15, -0.1) is 11.3 Å². The molecule has 4 aliphatic carbocycles. The van der Waals surface area contributed by atoms with Crippen LogP contribution in [0.2, 0.25) is 0 Å². The molecule has 0 amide bonds. The van der Waals surface area contributed by atoms with E-state index >= 15 is 0 Å². The molecule has 0 N–H and O–H groups in total. The third-order valence-corrected chi connectivity index (χ3v) is 14.2. The van der Waals surface area contributed by atoms with Crippen LogP contribution in [0.25, 0.3) is 50.2 Å². The Balaban J connectivity index is 0.895. The number of allylic oxidation sites excluding steroid dienone is 6. The largest absolute Gasteiger partial charge is 0.318 e. The number of hydrogen-bond acceptors (Lipinski definition) is 4. The minimum Gasteiger partial charge on any atom is -0.318 e. The Morgan fingerprint density at radius 2 is 1.40 bits per heavy atom. The van der Waals surface area contributed by atoms with Gasteiger partial charge < -0.3 is 4.90 Å². The number of fused-ring (bicyclic) bond motifs is 9. The summed E-state index contributed by atoms with van der Waals surface area (Å²) in [7, 11) is 0. The molecule has 274 valence electrons. The maximum absolute atomic E-state index is 5.39. The zero-order valence-corrected chi connectivity index (χ0v) is 32.3. The van der Waals surface area contributed by atoms with Crippen LogP contribution >= 0.6 is 11.3 Å². The van der Waals surface area contributed by atoms with E-state index in [9.17, 15) is 0 Å². The fraction of sp³-hybridized carbons (Fsp3) is 0.151. The topological polar surface area (TPSA) is 19.4 Å². The number of hydrogen-bond donors (Lipinski definition) is 0. The summed E-state index contributed by atoms with van der Waals surface area (Å²) in [6.45, 7) is 0. The second kappa shape index (κ2) is 13.3. The predicted octanol–water partition coefficient (Wildman–Crippen LogP) is 10.8. The van der Waals surface area contributed by atoms with E-state index in [1.54, 1.807) is 0 Å². The third-order valence-electron chi connectivity index (χ3n) is 13.1. The molecule has 4 heteroatoms. The van der Waals surface area contributed by atoms with Crippen LogP contribution in [0.5, 0.6) is 0 Å². The SMILES string of the molecule is C1=CC2C(C=C1)N(C1C=c3c(sc4ccccc34)=CC1)C1C=CC(C3=CCC4C(=C3)c3ccccc3N4c3cc(-c4ccccc4)cc(-c4ccccc4)n3)=C[C@@H]21. The summed E-state index contributed by atoms with van der Waals surface area (Å²) in [5.41, 5.74) is 11.1. The molecule has 4 aromatic carbocycles. The number of benzene rings is 4. The first kappa shape index (κ1) is 33.1. The predicted molar refractivity (Wildman–Crippen MR) is 238 cm³/mol. The highest BCUT2D eigenvalue weighted by Gasteiger charge is 2.48. The lowest BCUT2D eigenvalue weighted by Gasteiger charge is -2.36. The van der Waals surface area contributed by atoms with Gasteiger partial charge >= 0.3 is 0 Å². The van der Waals surface area contributed by atoms with Crippen LogP contribution in [0.4, 0.5) is 11.5 Å². The van der Waals surface area contributed by atoms with Crippen LogP contribution in [0.3, 0.4) is 0 Å². The normalized spacial score (nSPS) is 25.3. The lowest BCUT2D eigenvalue weighted by atomic mass is 9.79. The summed E-state index contributed by atoms with van der Waals surface area (Å²) >= 11 is 1.93. The van der Waals surface area contributed by atoms with Crippen LogP contribution < -0.4 is 14.7 Å². The zero-order chi connectivity index (χ0) is 37.5. The highest BCUT2D eigenvalue weighted by atomic mass is 32.1. The first-order valence-corrected chi connectivity index (χ1v) is 21.2. The second-order valence-corrected chi connectivity index (χ2v) is 17.2. The Hall–Kier alpha value is -6.07. The van der Waals surface area contributed by atoms with Gasteiger partial charge in [0.1, 0.15) is 5.82 Å². The molecule has 1 fully saturated rings. The first-order chi connectivity index (χ1) is 28.2. The monoisotopic (exact) mass is 751 g/mol. The number of pyridine rings is 1. The lowest BCUT2D eigenvalue weighted by Crippen LogP contribution is -2.46. The van der Waals surface area contributed by atoms with Gasteiger partial charge in [-0.2, -0.15) is 0 Å². The van der Waals surface area contributed by atoms with Gasteiger partial charge in [-0.25, -0.2) is 4.98 Å². The first-order valence-electron chi connectivity index (χ1n) is 20.4. The van der Waals surface area contributed by atoms with E-state index in [0.29, 0.717) is 30.0 Å². The number of thiophene rings is 1. The van der Waals surface area contributed by atoms with E-state index in [1.165, 1.54) is 58.9 Å². The summed E-state index contributed by atoms with van der Waals surface area (Å²) in [4.78, 5) is 10.7. The number of nitrogens with zero attached hydrogens (tertiary/aromatic N) is 3. The number of aromatic nitrogens is 1. The molecular formula is C53H41N3S. The van der Waals surface area contributed by atoms with Crippen molar-refractivity contribution in [2.24, 2.45) is 11.8 Å². The summed E-state index contributed by atoms with van der Waals surface area (Å²) < 4.78 is 2.82. The number of para-hydroxylation sites is 1. The number of rotatable bonds is 5. The fourth-order valence-corrected chi connectivity index (χ4v) is 11.6. The van der Waals surface area contributed by atoms with Crippen molar-refractivity contribution in [2.75, 3.05) is 4.90 Å². The molecule has 2 aromatic heterocycles. The number of anilines is 2. The molecular weight excluding hydrogens is 711 g/mol. The summed E-state index contributed by atoms with van der Waals surface area (Å²) in [6.07, 6.45) is 29.1. The van der Waals surface area contributed by atoms with E-state index < -0.39 is 0 Å². The zero-order valence-electron chi connectivity index (χ0n) is 31.5. The molecule has 6 atom stereocenters. The Labute approximate surface area is 337 Å². The molecule has 4 heterocycles. The average molecular weight is 752 g/mol. The lowest BCUT2D eigenvalue weighted by molar-refractivity contribution is 0.204. The van der Waals surface area contributed by atoms with Crippen molar-refractivity contribution >= 4 is 50.7 Å². The Morgan fingerprint density at radius 3 is 2.30 bits per heavy atom. The van der Waals surface area contributed by atoms with Crippen molar-refractivity contribution in [2.45, 2.75) is 37.0 Å². The van der Waals surface area contributed by atoms with Crippen molar-refractivity contribution in [3.8, 4) is 22.4 Å². The molecule has 57 heavy (non-hydrogen) atoms. The highest BCUT2D eigenvalue weighted by Crippen LogP contribution is 2.50. The molecule has 1 saturated heterocycles. The highest BCUT2D eigenvalue weighted by molar-refractivity contribution is 7.17. The van der Waals surface area contributed by atoms with Crippen molar-refractivity contribution < 1.29 is 0 Å². The molecule has 0 saturated carbocycles. The quantitative estimate of drug-likeness (QED) is 0.175.